The van der Waals surface area contributed by atoms with E-state index in [0.29, 0.717) is 51.2 Å². The van der Waals surface area contributed by atoms with Gasteiger partial charge in [0.15, 0.2) is 16.3 Å². The lowest BCUT2D eigenvalue weighted by Crippen LogP contribution is -2.39. The van der Waals surface area contributed by atoms with Crippen LogP contribution in [0.15, 0.2) is 88.3 Å². The predicted octanol–water partition coefficient (Wildman–Crippen LogP) is 5.78. The molecule has 45 heavy (non-hydrogen) atoms. The summed E-state index contributed by atoms with van der Waals surface area (Å²) >= 11 is 7.41. The fourth-order valence-electron chi connectivity index (χ4n) is 5.73. The third-order valence-electron chi connectivity index (χ3n) is 7.82. The van der Waals surface area contributed by atoms with Crippen LogP contribution >= 0.6 is 22.9 Å². The molecule has 0 N–H and O–H groups in total. The van der Waals surface area contributed by atoms with Gasteiger partial charge in [0, 0.05) is 39.9 Å². The number of thiazole rings is 1. The molecule has 3 aromatic carbocycles. The second-order valence-electron chi connectivity index (χ2n) is 10.5. The topological polar surface area (TPSA) is 84.0 Å². The SMILES string of the molecule is CCOc1ccc([C@H]2C(C(=O)OC)=CN=c3s/c(=C\c4c(C)n(Cc5ccc(Cl)cc5)c5ccccc45)c(=O)n32)cc1OCC. The van der Waals surface area contributed by atoms with Gasteiger partial charge in [-0.3, -0.25) is 9.36 Å². The zero-order chi connectivity index (χ0) is 31.7. The van der Waals surface area contributed by atoms with Gasteiger partial charge in [-0.2, -0.15) is 0 Å². The number of hydrogen-bond donors (Lipinski definition) is 0. The molecular weight excluding hydrogens is 610 g/mol. The van der Waals surface area contributed by atoms with E-state index in [1.807, 2.05) is 68.5 Å². The molecule has 2 aromatic heterocycles. The molecular formula is C35H32ClN3O5S. The van der Waals surface area contributed by atoms with Gasteiger partial charge < -0.3 is 18.8 Å². The maximum atomic E-state index is 14.2. The van der Waals surface area contributed by atoms with Crippen LogP contribution in [0.3, 0.4) is 0 Å². The summed E-state index contributed by atoms with van der Waals surface area (Å²) in [5, 5.41) is 1.73. The van der Waals surface area contributed by atoms with Crippen molar-refractivity contribution in [2.24, 2.45) is 4.99 Å². The highest BCUT2D eigenvalue weighted by Crippen LogP contribution is 2.35. The van der Waals surface area contributed by atoms with Crippen LogP contribution in [0.2, 0.25) is 5.02 Å². The average molecular weight is 642 g/mol. The zero-order valence-electron chi connectivity index (χ0n) is 25.4. The van der Waals surface area contributed by atoms with E-state index in [2.05, 4.69) is 28.6 Å². The zero-order valence-corrected chi connectivity index (χ0v) is 26.9. The van der Waals surface area contributed by atoms with Crippen LogP contribution in [-0.2, 0) is 16.1 Å². The largest absolute Gasteiger partial charge is 0.490 e. The first kappa shape index (κ1) is 30.4. The molecule has 0 radical (unpaired) electrons. The monoisotopic (exact) mass is 641 g/mol. The fraction of sp³-hybridized carbons (Fsp3) is 0.229. The molecule has 1 aliphatic heterocycles. The van der Waals surface area contributed by atoms with E-state index in [1.165, 1.54) is 24.6 Å². The van der Waals surface area contributed by atoms with Crippen molar-refractivity contribution in [2.75, 3.05) is 20.3 Å². The molecule has 8 nitrogen and oxygen atoms in total. The predicted molar refractivity (Wildman–Crippen MR) is 177 cm³/mol. The summed E-state index contributed by atoms with van der Waals surface area (Å²) in [4.78, 5) is 32.2. The minimum Gasteiger partial charge on any atom is -0.490 e. The number of carbonyl (C=O) groups is 1. The summed E-state index contributed by atoms with van der Waals surface area (Å²) in [6, 6.07) is 20.7. The number of fused-ring (bicyclic) bond motifs is 2. The second kappa shape index (κ2) is 12.8. The highest BCUT2D eigenvalue weighted by atomic mass is 35.5. The Morgan fingerprint density at radius 3 is 2.49 bits per heavy atom. The van der Waals surface area contributed by atoms with Crippen LogP contribution in [0, 0.1) is 6.92 Å². The van der Waals surface area contributed by atoms with E-state index >= 15 is 0 Å². The van der Waals surface area contributed by atoms with Crippen molar-refractivity contribution in [3.63, 3.8) is 0 Å². The summed E-state index contributed by atoms with van der Waals surface area (Å²) in [5.74, 6) is 0.555. The lowest BCUT2D eigenvalue weighted by atomic mass is 9.97. The van der Waals surface area contributed by atoms with Crippen LogP contribution in [-0.4, -0.2) is 35.4 Å². The number of rotatable bonds is 9. The van der Waals surface area contributed by atoms with Gasteiger partial charge in [-0.15, -0.1) is 0 Å². The third kappa shape index (κ3) is 5.69. The molecule has 1 atom stereocenters. The number of halogens is 1. The Bertz CT molecular complexity index is 2130. The Kier molecular flexibility index (Phi) is 8.65. The molecule has 0 unspecified atom stereocenters. The first-order chi connectivity index (χ1) is 21.8. The van der Waals surface area contributed by atoms with E-state index in [1.54, 1.807) is 10.6 Å². The Labute approximate surface area is 269 Å². The van der Waals surface area contributed by atoms with Crippen molar-refractivity contribution >= 4 is 45.9 Å². The number of esters is 1. The standard InChI is InChI=1S/C35H32ClN3O5S/c1-5-43-29-16-13-23(17-30(29)44-6-2)32-27(34(41)42-4)19-37-35-39(32)33(40)31(45-35)18-26-21(3)38(28-10-8-7-9-25(26)28)20-22-11-14-24(36)15-12-22/h7-19,32H,5-6,20H2,1-4H3/b31-18-/t32-/m0/s1. The Balaban J connectivity index is 1.51. The Morgan fingerprint density at radius 1 is 1.02 bits per heavy atom. The molecule has 0 saturated carbocycles. The number of benzene rings is 3. The van der Waals surface area contributed by atoms with E-state index in [-0.39, 0.29) is 11.1 Å². The van der Waals surface area contributed by atoms with Crippen molar-refractivity contribution < 1.29 is 19.0 Å². The highest BCUT2D eigenvalue weighted by Gasteiger charge is 2.31. The molecule has 230 valence electrons. The molecule has 0 bridgehead atoms. The molecule has 0 aliphatic carbocycles. The number of aromatic nitrogens is 2. The number of para-hydroxylation sites is 1. The fourth-order valence-corrected chi connectivity index (χ4v) is 6.81. The van der Waals surface area contributed by atoms with Gasteiger partial charge in [-0.05, 0) is 68.3 Å². The smallest absolute Gasteiger partial charge is 0.337 e. The first-order valence-electron chi connectivity index (χ1n) is 14.7. The van der Waals surface area contributed by atoms with Crippen LogP contribution in [0.4, 0.5) is 0 Å². The number of carbonyl (C=O) groups excluding carboxylic acids is 1. The van der Waals surface area contributed by atoms with Crippen molar-refractivity contribution in [1.82, 2.24) is 9.13 Å². The van der Waals surface area contributed by atoms with Crippen molar-refractivity contribution in [1.29, 1.82) is 0 Å². The summed E-state index contributed by atoms with van der Waals surface area (Å²) in [7, 11) is 1.32. The molecule has 0 amide bonds. The minimum absolute atomic E-state index is 0.249. The summed E-state index contributed by atoms with van der Waals surface area (Å²) in [6.45, 7) is 7.40. The summed E-state index contributed by atoms with van der Waals surface area (Å²) < 4.78 is 21.0. The second-order valence-corrected chi connectivity index (χ2v) is 11.9. The number of nitrogens with zero attached hydrogens (tertiary/aromatic N) is 3. The summed E-state index contributed by atoms with van der Waals surface area (Å²) in [5.41, 5.74) is 4.83. The number of hydrogen-bond acceptors (Lipinski definition) is 7. The van der Waals surface area contributed by atoms with Crippen LogP contribution in [0.5, 0.6) is 11.5 Å². The molecule has 1 aliphatic rings. The Hall–Kier alpha value is -4.60. The quantitative estimate of drug-likeness (QED) is 0.191. The maximum Gasteiger partial charge on any atom is 0.337 e. The number of methoxy groups -OCH3 is 1. The number of ether oxygens (including phenoxy) is 3. The third-order valence-corrected chi connectivity index (χ3v) is 9.07. The van der Waals surface area contributed by atoms with Gasteiger partial charge in [0.1, 0.15) is 0 Å². The minimum atomic E-state index is -0.766. The molecule has 5 aromatic rings. The van der Waals surface area contributed by atoms with Gasteiger partial charge in [0.2, 0.25) is 0 Å². The molecule has 6 rings (SSSR count). The van der Waals surface area contributed by atoms with E-state index < -0.39 is 12.0 Å². The molecule has 3 heterocycles. The highest BCUT2D eigenvalue weighted by molar-refractivity contribution is 7.07. The summed E-state index contributed by atoms with van der Waals surface area (Å²) in [6.07, 6.45) is 3.42. The normalized spacial score (nSPS) is 14.6. The van der Waals surface area contributed by atoms with Gasteiger partial charge >= 0.3 is 5.97 Å². The van der Waals surface area contributed by atoms with Crippen LogP contribution in [0.25, 0.3) is 17.0 Å². The van der Waals surface area contributed by atoms with E-state index in [9.17, 15) is 9.59 Å². The van der Waals surface area contributed by atoms with Gasteiger partial charge in [-0.25, -0.2) is 9.79 Å². The molecule has 0 saturated heterocycles. The lowest BCUT2D eigenvalue weighted by molar-refractivity contribution is -0.136. The van der Waals surface area contributed by atoms with Crippen LogP contribution < -0.4 is 24.4 Å². The average Bonchev–Trinajstić information content (AvgIpc) is 3.51. The van der Waals surface area contributed by atoms with E-state index in [0.717, 1.165) is 27.7 Å². The molecule has 10 heteroatoms. The first-order valence-corrected chi connectivity index (χ1v) is 15.8. The van der Waals surface area contributed by atoms with Gasteiger partial charge in [0.25, 0.3) is 5.56 Å². The Morgan fingerprint density at radius 2 is 1.76 bits per heavy atom. The molecule has 0 spiro atoms. The van der Waals surface area contributed by atoms with Crippen molar-refractivity contribution in [2.45, 2.75) is 33.4 Å². The van der Waals surface area contributed by atoms with E-state index in [4.69, 9.17) is 25.8 Å². The maximum absolute atomic E-state index is 14.2. The molecule has 0 fully saturated rings. The van der Waals surface area contributed by atoms with Gasteiger partial charge in [-0.1, -0.05) is 59.3 Å². The van der Waals surface area contributed by atoms with Crippen molar-refractivity contribution in [3.8, 4) is 11.5 Å². The van der Waals surface area contributed by atoms with Gasteiger partial charge in [0.05, 0.1) is 36.5 Å². The lowest BCUT2D eigenvalue weighted by Gasteiger charge is -2.23. The van der Waals surface area contributed by atoms with Crippen molar-refractivity contribution in [3.05, 3.63) is 126 Å². The van der Waals surface area contributed by atoms with Crippen LogP contribution in [0.1, 0.15) is 42.3 Å².